The molecule has 1 aliphatic rings. The van der Waals surface area contributed by atoms with Crippen molar-refractivity contribution >= 4 is 29.1 Å². The lowest BCUT2D eigenvalue weighted by molar-refractivity contribution is -0.117. The van der Waals surface area contributed by atoms with Crippen LogP contribution in [0.1, 0.15) is 39.0 Å². The second kappa shape index (κ2) is 7.46. The van der Waals surface area contributed by atoms with Gasteiger partial charge in [0.05, 0.1) is 10.7 Å². The average molecular weight is 309 g/mol. The molecule has 1 atom stereocenters. The first kappa shape index (κ1) is 15.8. The molecule has 1 N–H and O–H groups in total. The van der Waals surface area contributed by atoms with Crippen LogP contribution in [0.5, 0.6) is 0 Å². The molecule has 114 valence electrons. The van der Waals surface area contributed by atoms with Crippen LogP contribution in [0, 0.1) is 0 Å². The van der Waals surface area contributed by atoms with Crippen molar-refractivity contribution in [3.63, 3.8) is 0 Å². The van der Waals surface area contributed by atoms with Crippen molar-refractivity contribution in [1.82, 2.24) is 4.90 Å². The number of nitrogens with one attached hydrogen (secondary N) is 1. The Morgan fingerprint density at radius 2 is 2.05 bits per heavy atom. The van der Waals surface area contributed by atoms with Crippen LogP contribution in [0.25, 0.3) is 0 Å². The lowest BCUT2D eigenvalue weighted by Crippen LogP contribution is -2.43. The Kier molecular flexibility index (Phi) is 5.62. The Morgan fingerprint density at radius 1 is 1.29 bits per heavy atom. The second-order valence-electron chi connectivity index (χ2n) is 5.51. The summed E-state index contributed by atoms with van der Waals surface area (Å²) < 4.78 is 0. The number of carbonyl (C=O) groups excluding carboxylic acids is 2. The van der Waals surface area contributed by atoms with Gasteiger partial charge in [0, 0.05) is 19.0 Å². The van der Waals surface area contributed by atoms with E-state index in [2.05, 4.69) is 5.32 Å². The number of hydrogen-bond acceptors (Lipinski definition) is 2. The molecule has 1 aromatic rings. The van der Waals surface area contributed by atoms with E-state index < -0.39 is 0 Å². The number of nitrogens with zero attached hydrogens (tertiary/aromatic N) is 1. The van der Waals surface area contributed by atoms with E-state index in [1.807, 2.05) is 12.1 Å². The van der Waals surface area contributed by atoms with Crippen molar-refractivity contribution in [2.75, 3.05) is 11.9 Å². The summed E-state index contributed by atoms with van der Waals surface area (Å²) in [5.74, 6) is 0.123. The van der Waals surface area contributed by atoms with Gasteiger partial charge in [-0.05, 0) is 31.9 Å². The number of hydrogen-bond donors (Lipinski definition) is 1. The normalized spacial score (nSPS) is 19.0. The molecule has 4 nitrogen and oxygen atoms in total. The van der Waals surface area contributed by atoms with Crippen LogP contribution in [0.3, 0.4) is 0 Å². The topological polar surface area (TPSA) is 49.4 Å². The standard InChI is InChI=1S/C16H21ClN2O2/c1-12(20)11-13-7-3-2-6-10-19(13)16(21)18-15-9-5-4-8-14(15)17/h4-5,8-9,13H,2-3,6-7,10-11H2,1H3,(H,18,21). The van der Waals surface area contributed by atoms with E-state index >= 15 is 0 Å². The SMILES string of the molecule is CC(=O)CC1CCCCCN1C(=O)Nc1ccccc1Cl. The fraction of sp³-hybridized carbons (Fsp3) is 0.500. The first-order valence-corrected chi connectivity index (χ1v) is 7.77. The first-order valence-electron chi connectivity index (χ1n) is 7.39. The molecular weight excluding hydrogens is 288 g/mol. The maximum atomic E-state index is 12.5. The van der Waals surface area contributed by atoms with Crippen LogP contribution in [-0.2, 0) is 4.79 Å². The van der Waals surface area contributed by atoms with E-state index in [4.69, 9.17) is 11.6 Å². The van der Waals surface area contributed by atoms with E-state index in [9.17, 15) is 9.59 Å². The van der Waals surface area contributed by atoms with Gasteiger partial charge in [0.1, 0.15) is 5.78 Å². The lowest BCUT2D eigenvalue weighted by atomic mass is 10.0. The smallest absolute Gasteiger partial charge is 0.321 e. The number of carbonyl (C=O) groups is 2. The predicted octanol–water partition coefficient (Wildman–Crippen LogP) is 4.10. The van der Waals surface area contributed by atoms with Gasteiger partial charge in [-0.3, -0.25) is 4.79 Å². The van der Waals surface area contributed by atoms with E-state index in [1.54, 1.807) is 24.0 Å². The van der Waals surface area contributed by atoms with Crippen LogP contribution in [-0.4, -0.2) is 29.3 Å². The fourth-order valence-electron chi connectivity index (χ4n) is 2.74. The number of ketones is 1. The highest BCUT2D eigenvalue weighted by Crippen LogP contribution is 2.24. The second-order valence-corrected chi connectivity index (χ2v) is 5.92. The number of Topliss-reactive ketones (excluding diaryl/α,β-unsaturated/α-hetero) is 1. The van der Waals surface area contributed by atoms with Gasteiger partial charge >= 0.3 is 6.03 Å². The number of urea groups is 1. The zero-order valence-corrected chi connectivity index (χ0v) is 13.0. The molecule has 0 bridgehead atoms. The van der Waals surface area contributed by atoms with Crippen molar-refractivity contribution in [2.24, 2.45) is 0 Å². The number of para-hydroxylation sites is 1. The molecule has 0 saturated carbocycles. The Hall–Kier alpha value is -1.55. The molecule has 2 rings (SSSR count). The van der Waals surface area contributed by atoms with Crippen LogP contribution in [0.15, 0.2) is 24.3 Å². The molecular formula is C16H21ClN2O2. The first-order chi connectivity index (χ1) is 10.1. The third kappa shape index (κ3) is 4.46. The van der Waals surface area contributed by atoms with E-state index in [0.29, 0.717) is 23.7 Å². The number of likely N-dealkylation sites (tertiary alicyclic amines) is 1. The molecule has 2 amide bonds. The monoisotopic (exact) mass is 308 g/mol. The number of amides is 2. The summed E-state index contributed by atoms with van der Waals surface area (Å²) in [6.07, 6.45) is 4.45. The molecule has 1 saturated heterocycles. The van der Waals surface area contributed by atoms with Crippen LogP contribution in [0.4, 0.5) is 10.5 Å². The van der Waals surface area contributed by atoms with E-state index in [-0.39, 0.29) is 17.9 Å². The maximum Gasteiger partial charge on any atom is 0.322 e. The van der Waals surface area contributed by atoms with Gasteiger partial charge in [0.25, 0.3) is 0 Å². The Labute approximate surface area is 130 Å². The molecule has 0 aliphatic carbocycles. The molecule has 1 heterocycles. The number of halogens is 1. The number of rotatable bonds is 3. The highest BCUT2D eigenvalue weighted by molar-refractivity contribution is 6.33. The minimum Gasteiger partial charge on any atom is -0.321 e. The summed E-state index contributed by atoms with van der Waals surface area (Å²) in [5.41, 5.74) is 0.606. The van der Waals surface area contributed by atoms with Gasteiger partial charge in [0.15, 0.2) is 0 Å². The van der Waals surface area contributed by atoms with Crippen molar-refractivity contribution in [2.45, 2.75) is 45.1 Å². The summed E-state index contributed by atoms with van der Waals surface area (Å²) in [6, 6.07) is 6.99. The average Bonchev–Trinajstić information content (AvgIpc) is 2.66. The Bertz CT molecular complexity index is 519. The lowest BCUT2D eigenvalue weighted by Gasteiger charge is -2.29. The summed E-state index contributed by atoms with van der Waals surface area (Å²) in [6.45, 7) is 2.27. The van der Waals surface area contributed by atoms with Gasteiger partial charge in [-0.25, -0.2) is 4.79 Å². The van der Waals surface area contributed by atoms with Crippen molar-refractivity contribution in [3.8, 4) is 0 Å². The van der Waals surface area contributed by atoms with Crippen molar-refractivity contribution in [1.29, 1.82) is 0 Å². The zero-order chi connectivity index (χ0) is 15.2. The van der Waals surface area contributed by atoms with Gasteiger partial charge in [-0.1, -0.05) is 36.6 Å². The summed E-state index contributed by atoms with van der Waals surface area (Å²) in [5, 5.41) is 3.37. The number of anilines is 1. The molecule has 0 spiro atoms. The van der Waals surface area contributed by atoms with Gasteiger partial charge in [-0.15, -0.1) is 0 Å². The highest BCUT2D eigenvalue weighted by Gasteiger charge is 2.26. The van der Waals surface area contributed by atoms with Crippen LogP contribution in [0.2, 0.25) is 5.02 Å². The predicted molar refractivity (Wildman–Crippen MR) is 84.7 cm³/mol. The molecule has 1 aromatic carbocycles. The zero-order valence-electron chi connectivity index (χ0n) is 12.3. The maximum absolute atomic E-state index is 12.5. The van der Waals surface area contributed by atoms with Crippen LogP contribution < -0.4 is 5.32 Å². The minimum atomic E-state index is -0.170. The highest BCUT2D eigenvalue weighted by atomic mass is 35.5. The Balaban J connectivity index is 2.10. The van der Waals surface area contributed by atoms with Crippen LogP contribution >= 0.6 is 11.6 Å². The fourth-order valence-corrected chi connectivity index (χ4v) is 2.92. The molecule has 1 aliphatic heterocycles. The Morgan fingerprint density at radius 3 is 2.76 bits per heavy atom. The summed E-state index contributed by atoms with van der Waals surface area (Å²) >= 11 is 6.07. The van der Waals surface area contributed by atoms with Crippen molar-refractivity contribution in [3.05, 3.63) is 29.3 Å². The van der Waals surface area contributed by atoms with Gasteiger partial charge in [0.2, 0.25) is 0 Å². The molecule has 1 unspecified atom stereocenters. The summed E-state index contributed by atoms with van der Waals surface area (Å²) in [7, 11) is 0. The minimum absolute atomic E-state index is 0.00696. The summed E-state index contributed by atoms with van der Waals surface area (Å²) in [4.78, 5) is 25.7. The number of benzene rings is 1. The molecule has 0 radical (unpaired) electrons. The molecule has 1 fully saturated rings. The van der Waals surface area contributed by atoms with Gasteiger partial charge in [-0.2, -0.15) is 0 Å². The third-order valence-electron chi connectivity index (χ3n) is 3.78. The molecule has 21 heavy (non-hydrogen) atoms. The molecule has 0 aromatic heterocycles. The van der Waals surface area contributed by atoms with E-state index in [0.717, 1.165) is 25.7 Å². The quantitative estimate of drug-likeness (QED) is 0.914. The molecule has 5 heteroatoms. The van der Waals surface area contributed by atoms with Crippen molar-refractivity contribution < 1.29 is 9.59 Å². The van der Waals surface area contributed by atoms with E-state index in [1.165, 1.54) is 0 Å². The largest absolute Gasteiger partial charge is 0.322 e. The third-order valence-corrected chi connectivity index (χ3v) is 4.11. The van der Waals surface area contributed by atoms with Gasteiger partial charge < -0.3 is 10.2 Å².